The number of benzene rings is 1. The minimum absolute atomic E-state index is 0.0431. The molecular weight excluding hydrogens is 334 g/mol. The molecule has 2 aromatic heterocycles. The first-order chi connectivity index (χ1) is 12.3. The Hall–Kier alpha value is -2.61. The van der Waals surface area contributed by atoms with E-state index in [2.05, 4.69) is 26.1 Å². The normalized spacial score (nSPS) is 19.7. The van der Waals surface area contributed by atoms with Gasteiger partial charge in [0.15, 0.2) is 5.13 Å². The molecule has 2 atom stereocenters. The molecule has 0 aliphatic carbocycles. The summed E-state index contributed by atoms with van der Waals surface area (Å²) in [6.45, 7) is 0.576. The molecule has 3 heterocycles. The highest BCUT2D eigenvalue weighted by Crippen LogP contribution is 2.28. The van der Waals surface area contributed by atoms with E-state index in [0.717, 1.165) is 16.8 Å². The molecule has 0 spiro atoms. The monoisotopic (exact) mass is 351 g/mol. The van der Waals surface area contributed by atoms with Crippen LogP contribution in [-0.4, -0.2) is 22.4 Å². The van der Waals surface area contributed by atoms with E-state index in [1.807, 2.05) is 47.8 Å². The van der Waals surface area contributed by atoms with Crippen molar-refractivity contribution in [2.75, 3.05) is 11.9 Å². The first-order valence-corrected chi connectivity index (χ1v) is 8.89. The van der Waals surface area contributed by atoms with E-state index in [4.69, 9.17) is 0 Å². The minimum Gasteiger partial charge on any atom is -0.302 e. The summed E-state index contributed by atoms with van der Waals surface area (Å²) in [6.07, 6.45) is 3.49. The van der Waals surface area contributed by atoms with E-state index in [1.54, 1.807) is 12.4 Å². The average Bonchev–Trinajstić information content (AvgIpc) is 3.33. The molecule has 4 rings (SSSR count). The van der Waals surface area contributed by atoms with Gasteiger partial charge in [0.1, 0.15) is 0 Å². The lowest BCUT2D eigenvalue weighted by Crippen LogP contribution is -2.29. The first kappa shape index (κ1) is 15.9. The molecule has 1 saturated heterocycles. The lowest BCUT2D eigenvalue weighted by molar-refractivity contribution is -0.119. The lowest BCUT2D eigenvalue weighted by Gasteiger charge is -2.17. The minimum atomic E-state index is -0.201. The van der Waals surface area contributed by atoms with Gasteiger partial charge in [0.25, 0.3) is 0 Å². The highest BCUT2D eigenvalue weighted by atomic mass is 32.1. The Morgan fingerprint density at radius 3 is 2.88 bits per heavy atom. The molecule has 0 bridgehead atoms. The number of anilines is 1. The van der Waals surface area contributed by atoms with Gasteiger partial charge in [-0.25, -0.2) is 10.4 Å². The summed E-state index contributed by atoms with van der Waals surface area (Å²) in [4.78, 5) is 21.3. The molecular formula is C18H17N5OS. The van der Waals surface area contributed by atoms with E-state index in [1.165, 1.54) is 11.3 Å². The number of nitrogens with one attached hydrogen (secondary N) is 3. The van der Waals surface area contributed by atoms with Gasteiger partial charge in [-0.15, -0.1) is 11.3 Å². The highest BCUT2D eigenvalue weighted by Gasteiger charge is 2.34. The Balaban J connectivity index is 1.48. The fourth-order valence-electron chi connectivity index (χ4n) is 2.89. The summed E-state index contributed by atoms with van der Waals surface area (Å²) < 4.78 is 0. The van der Waals surface area contributed by atoms with Crippen LogP contribution in [0.5, 0.6) is 0 Å². The van der Waals surface area contributed by atoms with Gasteiger partial charge in [-0.1, -0.05) is 30.3 Å². The van der Waals surface area contributed by atoms with E-state index >= 15 is 0 Å². The standard InChI is InChI=1S/C18H17N5OS/c24-17(14-10-20-23-16(14)12-5-2-1-3-6-12)22-18-21-15(11-25-18)13-7-4-8-19-9-13/h1-9,11,14,16,20,23H,10H2,(H,21,22,24). The van der Waals surface area contributed by atoms with Crippen molar-refractivity contribution < 1.29 is 4.79 Å². The molecule has 0 radical (unpaired) electrons. The van der Waals surface area contributed by atoms with Crippen LogP contribution in [0, 0.1) is 5.92 Å². The molecule has 2 unspecified atom stereocenters. The number of aromatic nitrogens is 2. The molecule has 0 saturated carbocycles. The average molecular weight is 351 g/mol. The molecule has 1 amide bonds. The van der Waals surface area contributed by atoms with Crippen LogP contribution in [-0.2, 0) is 4.79 Å². The molecule has 1 fully saturated rings. The summed E-state index contributed by atoms with van der Waals surface area (Å²) in [5.74, 6) is -0.244. The smallest absolute Gasteiger partial charge is 0.232 e. The number of carbonyl (C=O) groups is 1. The fraction of sp³-hybridized carbons (Fsp3) is 0.167. The number of carbonyl (C=O) groups excluding carboxylic acids is 1. The number of thiazole rings is 1. The lowest BCUT2D eigenvalue weighted by atomic mass is 9.94. The van der Waals surface area contributed by atoms with Crippen molar-refractivity contribution >= 4 is 22.4 Å². The maximum atomic E-state index is 12.7. The zero-order valence-corrected chi connectivity index (χ0v) is 14.2. The molecule has 3 N–H and O–H groups in total. The van der Waals surface area contributed by atoms with Crippen molar-refractivity contribution in [3.8, 4) is 11.3 Å². The predicted octanol–water partition coefficient (Wildman–Crippen LogP) is 2.61. The third-order valence-corrected chi connectivity index (χ3v) is 4.93. The van der Waals surface area contributed by atoms with Crippen molar-refractivity contribution in [3.63, 3.8) is 0 Å². The molecule has 1 aliphatic rings. The zero-order valence-electron chi connectivity index (χ0n) is 13.3. The SMILES string of the molecule is O=C(Nc1nc(-c2cccnc2)cs1)C1CNNC1c1ccccc1. The molecule has 126 valence electrons. The first-order valence-electron chi connectivity index (χ1n) is 8.01. The number of pyridine rings is 1. The molecule has 1 aromatic carbocycles. The summed E-state index contributed by atoms with van der Waals surface area (Å²) in [5.41, 5.74) is 9.10. The van der Waals surface area contributed by atoms with Crippen LogP contribution < -0.4 is 16.2 Å². The van der Waals surface area contributed by atoms with E-state index in [0.29, 0.717) is 11.7 Å². The van der Waals surface area contributed by atoms with Crippen molar-refractivity contribution in [3.05, 3.63) is 65.8 Å². The van der Waals surface area contributed by atoms with Gasteiger partial charge in [-0.2, -0.15) is 0 Å². The van der Waals surface area contributed by atoms with Crippen LogP contribution >= 0.6 is 11.3 Å². The third kappa shape index (κ3) is 3.43. The van der Waals surface area contributed by atoms with Gasteiger partial charge in [-0.3, -0.25) is 15.2 Å². The van der Waals surface area contributed by atoms with Crippen molar-refractivity contribution in [2.45, 2.75) is 6.04 Å². The predicted molar refractivity (Wildman–Crippen MR) is 97.8 cm³/mol. The quantitative estimate of drug-likeness (QED) is 0.673. The van der Waals surface area contributed by atoms with Gasteiger partial charge in [0.2, 0.25) is 5.91 Å². The second-order valence-electron chi connectivity index (χ2n) is 5.79. The van der Waals surface area contributed by atoms with E-state index < -0.39 is 0 Å². The van der Waals surface area contributed by atoms with Crippen molar-refractivity contribution in [2.24, 2.45) is 5.92 Å². The van der Waals surface area contributed by atoms with Gasteiger partial charge < -0.3 is 5.32 Å². The van der Waals surface area contributed by atoms with Crippen LogP contribution in [0.3, 0.4) is 0 Å². The second-order valence-corrected chi connectivity index (χ2v) is 6.65. The third-order valence-electron chi connectivity index (χ3n) is 4.17. The summed E-state index contributed by atoms with van der Waals surface area (Å²) in [7, 11) is 0. The summed E-state index contributed by atoms with van der Waals surface area (Å²) in [6, 6.07) is 13.7. The highest BCUT2D eigenvalue weighted by molar-refractivity contribution is 7.14. The molecule has 1 aliphatic heterocycles. The van der Waals surface area contributed by atoms with Crippen LogP contribution in [0.1, 0.15) is 11.6 Å². The maximum absolute atomic E-state index is 12.7. The Bertz CT molecular complexity index is 852. The number of hydrazine groups is 1. The topological polar surface area (TPSA) is 78.9 Å². The van der Waals surface area contributed by atoms with Crippen LogP contribution in [0.4, 0.5) is 5.13 Å². The van der Waals surface area contributed by atoms with Crippen molar-refractivity contribution in [1.29, 1.82) is 0 Å². The van der Waals surface area contributed by atoms with Gasteiger partial charge in [0.05, 0.1) is 17.7 Å². The van der Waals surface area contributed by atoms with Crippen LogP contribution in [0.15, 0.2) is 60.2 Å². The molecule has 25 heavy (non-hydrogen) atoms. The van der Waals surface area contributed by atoms with Crippen LogP contribution in [0.2, 0.25) is 0 Å². The van der Waals surface area contributed by atoms with Crippen molar-refractivity contribution in [1.82, 2.24) is 20.8 Å². The summed E-state index contributed by atoms with van der Waals surface area (Å²) >= 11 is 1.42. The van der Waals surface area contributed by atoms with E-state index in [-0.39, 0.29) is 17.9 Å². The Kier molecular flexibility index (Phi) is 4.51. The van der Waals surface area contributed by atoms with Gasteiger partial charge in [-0.05, 0) is 17.7 Å². The number of amides is 1. The molecule has 6 nitrogen and oxygen atoms in total. The number of hydrogen-bond acceptors (Lipinski definition) is 6. The van der Waals surface area contributed by atoms with Crippen LogP contribution in [0.25, 0.3) is 11.3 Å². The summed E-state index contributed by atoms with van der Waals surface area (Å²) in [5, 5.41) is 5.46. The number of rotatable bonds is 4. The number of hydrogen-bond donors (Lipinski definition) is 3. The maximum Gasteiger partial charge on any atom is 0.232 e. The van der Waals surface area contributed by atoms with Gasteiger partial charge in [0, 0.05) is 29.9 Å². The van der Waals surface area contributed by atoms with Gasteiger partial charge >= 0.3 is 0 Å². The Morgan fingerprint density at radius 1 is 1.20 bits per heavy atom. The van der Waals surface area contributed by atoms with E-state index in [9.17, 15) is 4.79 Å². The second kappa shape index (κ2) is 7.10. The number of nitrogens with zero attached hydrogens (tertiary/aromatic N) is 2. The molecule has 3 aromatic rings. The molecule has 7 heteroatoms. The Labute approximate surface area is 149 Å². The fourth-order valence-corrected chi connectivity index (χ4v) is 3.62. The Morgan fingerprint density at radius 2 is 2.08 bits per heavy atom. The largest absolute Gasteiger partial charge is 0.302 e. The zero-order chi connectivity index (χ0) is 17.1.